The van der Waals surface area contributed by atoms with E-state index < -0.39 is 0 Å². The van der Waals surface area contributed by atoms with Crippen LogP contribution in [0.15, 0.2) is 42.5 Å². The van der Waals surface area contributed by atoms with Crippen LogP contribution in [0.2, 0.25) is 0 Å². The first kappa shape index (κ1) is 12.8. The molecule has 1 saturated carbocycles. The van der Waals surface area contributed by atoms with Gasteiger partial charge in [0.2, 0.25) is 5.91 Å². The summed E-state index contributed by atoms with van der Waals surface area (Å²) in [5.41, 5.74) is 1.07. The number of benzene rings is 2. The summed E-state index contributed by atoms with van der Waals surface area (Å²) in [6.07, 6.45) is 2.93. The Kier molecular flexibility index (Phi) is 3.15. The highest BCUT2D eigenvalue weighted by Crippen LogP contribution is 2.38. The monoisotopic (exact) mass is 281 g/mol. The number of ether oxygens (including phenoxy) is 1. The Bertz CT molecular complexity index is 682. The maximum absolute atomic E-state index is 12.2. The van der Waals surface area contributed by atoms with Gasteiger partial charge in [0.25, 0.3) is 0 Å². The van der Waals surface area contributed by atoms with Crippen LogP contribution in [0.25, 0.3) is 10.8 Å². The van der Waals surface area contributed by atoms with Gasteiger partial charge in [0, 0.05) is 18.6 Å². The quantitative estimate of drug-likeness (QED) is 0.939. The van der Waals surface area contributed by atoms with Crippen LogP contribution in [0.4, 0.5) is 0 Å². The first-order chi connectivity index (χ1) is 10.3. The van der Waals surface area contributed by atoms with E-state index in [0.717, 1.165) is 25.0 Å². The van der Waals surface area contributed by atoms with Gasteiger partial charge < -0.3 is 10.1 Å². The van der Waals surface area contributed by atoms with E-state index in [1.165, 1.54) is 10.8 Å². The van der Waals surface area contributed by atoms with Gasteiger partial charge in [-0.3, -0.25) is 4.79 Å². The number of carbonyl (C=O) groups is 1. The molecule has 0 unspecified atom stereocenters. The lowest BCUT2D eigenvalue weighted by Gasteiger charge is -2.39. The van der Waals surface area contributed by atoms with Crippen molar-refractivity contribution in [1.82, 2.24) is 5.32 Å². The van der Waals surface area contributed by atoms with Crippen LogP contribution in [0, 0.1) is 5.92 Å². The molecule has 21 heavy (non-hydrogen) atoms. The highest BCUT2D eigenvalue weighted by atomic mass is 16.5. The number of amides is 1. The second-order valence-corrected chi connectivity index (χ2v) is 6.13. The molecule has 4 rings (SSSR count). The summed E-state index contributed by atoms with van der Waals surface area (Å²) < 4.78 is 5.58. The average Bonchev–Trinajstić information content (AvgIpc) is 2.86. The van der Waals surface area contributed by atoms with E-state index in [0.29, 0.717) is 24.5 Å². The Morgan fingerprint density at radius 3 is 2.90 bits per heavy atom. The molecular formula is C18H19NO2. The van der Waals surface area contributed by atoms with Crippen LogP contribution in [0.1, 0.15) is 18.4 Å². The molecule has 1 N–H and O–H groups in total. The van der Waals surface area contributed by atoms with Crippen molar-refractivity contribution in [3.8, 4) is 0 Å². The van der Waals surface area contributed by atoms with Crippen LogP contribution in [0.3, 0.4) is 0 Å². The molecule has 1 heterocycles. The molecule has 1 aliphatic carbocycles. The molecule has 1 amide bonds. The van der Waals surface area contributed by atoms with Gasteiger partial charge in [0.15, 0.2) is 0 Å². The number of hydrogen-bond acceptors (Lipinski definition) is 2. The summed E-state index contributed by atoms with van der Waals surface area (Å²) in [6.45, 7) is 0.854. The SMILES string of the molecule is O=C(Cc1ccc2ccccc2c1)N[C@@H]1C[C@H]2OCC[C@@H]12. The molecule has 0 bridgehead atoms. The molecule has 2 aliphatic rings. The normalized spacial score (nSPS) is 27.1. The Balaban J connectivity index is 1.41. The summed E-state index contributed by atoms with van der Waals surface area (Å²) >= 11 is 0. The Labute approximate surface area is 124 Å². The second-order valence-electron chi connectivity index (χ2n) is 6.13. The molecule has 0 aromatic heterocycles. The lowest BCUT2D eigenvalue weighted by molar-refractivity contribution is -0.123. The Morgan fingerprint density at radius 1 is 1.19 bits per heavy atom. The van der Waals surface area contributed by atoms with E-state index in [1.54, 1.807) is 0 Å². The zero-order valence-electron chi connectivity index (χ0n) is 11.9. The second kappa shape index (κ2) is 5.15. The van der Waals surface area contributed by atoms with Crippen molar-refractivity contribution < 1.29 is 9.53 Å². The summed E-state index contributed by atoms with van der Waals surface area (Å²) in [7, 11) is 0. The van der Waals surface area contributed by atoms with E-state index >= 15 is 0 Å². The fraction of sp³-hybridized carbons (Fsp3) is 0.389. The van der Waals surface area contributed by atoms with Crippen LogP contribution in [-0.4, -0.2) is 24.7 Å². The third-order valence-corrected chi connectivity index (χ3v) is 4.79. The lowest BCUT2D eigenvalue weighted by atomic mass is 9.76. The van der Waals surface area contributed by atoms with E-state index in [2.05, 4.69) is 29.6 Å². The number of rotatable bonds is 3. The molecule has 3 atom stereocenters. The largest absolute Gasteiger partial charge is 0.378 e. The fourth-order valence-electron chi connectivity index (χ4n) is 3.56. The van der Waals surface area contributed by atoms with Crippen molar-refractivity contribution in [3.63, 3.8) is 0 Å². The molecule has 2 aromatic rings. The minimum absolute atomic E-state index is 0.126. The van der Waals surface area contributed by atoms with Gasteiger partial charge in [0.05, 0.1) is 12.5 Å². The smallest absolute Gasteiger partial charge is 0.224 e. The van der Waals surface area contributed by atoms with Crippen molar-refractivity contribution >= 4 is 16.7 Å². The maximum Gasteiger partial charge on any atom is 0.224 e. The summed E-state index contributed by atoms with van der Waals surface area (Å²) in [5, 5.41) is 5.57. The predicted octanol–water partition coefficient (Wildman–Crippen LogP) is 2.68. The Hall–Kier alpha value is -1.87. The molecule has 0 radical (unpaired) electrons. The first-order valence-electron chi connectivity index (χ1n) is 7.68. The number of nitrogens with one attached hydrogen (secondary N) is 1. The van der Waals surface area contributed by atoms with Crippen LogP contribution >= 0.6 is 0 Å². The van der Waals surface area contributed by atoms with Crippen molar-refractivity contribution in [1.29, 1.82) is 0 Å². The van der Waals surface area contributed by atoms with Crippen LogP contribution < -0.4 is 5.32 Å². The molecule has 3 heteroatoms. The topological polar surface area (TPSA) is 38.3 Å². The fourth-order valence-corrected chi connectivity index (χ4v) is 3.56. The molecule has 2 aromatic carbocycles. The lowest BCUT2D eigenvalue weighted by Crippen LogP contribution is -2.53. The van der Waals surface area contributed by atoms with E-state index in [-0.39, 0.29) is 5.91 Å². The number of carbonyl (C=O) groups excluding carboxylic acids is 1. The minimum Gasteiger partial charge on any atom is -0.378 e. The molecule has 108 valence electrons. The maximum atomic E-state index is 12.2. The Morgan fingerprint density at radius 2 is 2.05 bits per heavy atom. The third-order valence-electron chi connectivity index (χ3n) is 4.79. The molecule has 1 saturated heterocycles. The van der Waals surface area contributed by atoms with Gasteiger partial charge in [0.1, 0.15) is 0 Å². The van der Waals surface area contributed by atoms with Crippen molar-refractivity contribution in [3.05, 3.63) is 48.0 Å². The molecule has 2 fully saturated rings. The summed E-state index contributed by atoms with van der Waals surface area (Å²) in [5.74, 6) is 0.672. The van der Waals surface area contributed by atoms with Gasteiger partial charge in [-0.2, -0.15) is 0 Å². The summed E-state index contributed by atoms with van der Waals surface area (Å²) in [6, 6.07) is 14.8. The predicted molar refractivity (Wildman–Crippen MR) is 82.0 cm³/mol. The zero-order valence-corrected chi connectivity index (χ0v) is 11.9. The third kappa shape index (κ3) is 2.42. The highest BCUT2D eigenvalue weighted by molar-refractivity contribution is 5.85. The standard InChI is InChI=1S/C18H19NO2/c20-18(19-16-11-17-15(16)7-8-21-17)10-12-5-6-13-3-1-2-4-14(13)9-12/h1-6,9,15-17H,7-8,10-11H2,(H,19,20)/t15-,16+,17+/m0/s1. The number of fused-ring (bicyclic) bond motifs is 2. The molecular weight excluding hydrogens is 262 g/mol. The van der Waals surface area contributed by atoms with Crippen molar-refractivity contribution in [2.24, 2.45) is 5.92 Å². The van der Waals surface area contributed by atoms with Crippen LogP contribution in [-0.2, 0) is 16.0 Å². The summed E-state index contributed by atoms with van der Waals surface area (Å²) in [4.78, 5) is 12.2. The molecule has 0 spiro atoms. The average molecular weight is 281 g/mol. The van der Waals surface area contributed by atoms with Gasteiger partial charge in [-0.15, -0.1) is 0 Å². The van der Waals surface area contributed by atoms with Crippen molar-refractivity contribution in [2.75, 3.05) is 6.61 Å². The highest BCUT2D eigenvalue weighted by Gasteiger charge is 2.45. The number of hydrogen-bond donors (Lipinski definition) is 1. The van der Waals surface area contributed by atoms with Crippen molar-refractivity contribution in [2.45, 2.75) is 31.4 Å². The van der Waals surface area contributed by atoms with E-state index in [1.807, 2.05) is 18.2 Å². The zero-order chi connectivity index (χ0) is 14.2. The van der Waals surface area contributed by atoms with Gasteiger partial charge in [-0.1, -0.05) is 42.5 Å². The van der Waals surface area contributed by atoms with Gasteiger partial charge in [-0.05, 0) is 29.2 Å². The minimum atomic E-state index is 0.126. The van der Waals surface area contributed by atoms with Gasteiger partial charge in [-0.25, -0.2) is 0 Å². The van der Waals surface area contributed by atoms with E-state index in [9.17, 15) is 4.79 Å². The van der Waals surface area contributed by atoms with E-state index in [4.69, 9.17) is 4.74 Å². The molecule has 3 nitrogen and oxygen atoms in total. The molecule has 1 aliphatic heterocycles. The first-order valence-corrected chi connectivity index (χ1v) is 7.68. The van der Waals surface area contributed by atoms with Crippen LogP contribution in [0.5, 0.6) is 0 Å². The van der Waals surface area contributed by atoms with Gasteiger partial charge >= 0.3 is 0 Å².